The van der Waals surface area contributed by atoms with E-state index < -0.39 is 5.82 Å². The van der Waals surface area contributed by atoms with Gasteiger partial charge in [0, 0.05) is 18.2 Å². The summed E-state index contributed by atoms with van der Waals surface area (Å²) in [6, 6.07) is 4.50. The van der Waals surface area contributed by atoms with E-state index in [1.807, 2.05) is 0 Å². The highest BCUT2D eigenvalue weighted by Crippen LogP contribution is 2.19. The predicted molar refractivity (Wildman–Crippen MR) is 75.9 cm³/mol. The fourth-order valence-electron chi connectivity index (χ4n) is 1.77. The maximum absolute atomic E-state index is 13.5. The molecule has 0 aliphatic heterocycles. The lowest BCUT2D eigenvalue weighted by Crippen LogP contribution is -2.06. The van der Waals surface area contributed by atoms with Crippen molar-refractivity contribution in [2.75, 3.05) is 13.7 Å². The Morgan fingerprint density at radius 2 is 2.30 bits per heavy atom. The average molecular weight is 294 g/mol. The average Bonchev–Trinajstić information content (AvgIpc) is 2.88. The second-order valence-corrected chi connectivity index (χ2v) is 5.18. The molecule has 0 radical (unpaired) electrons. The van der Waals surface area contributed by atoms with Gasteiger partial charge in [-0.2, -0.15) is 0 Å². The van der Waals surface area contributed by atoms with Crippen molar-refractivity contribution in [3.8, 4) is 5.75 Å². The van der Waals surface area contributed by atoms with E-state index in [0.29, 0.717) is 24.2 Å². The van der Waals surface area contributed by atoms with E-state index in [0.717, 1.165) is 5.01 Å². The number of ketones is 1. The van der Waals surface area contributed by atoms with Crippen LogP contribution >= 0.6 is 11.3 Å². The number of hydrogen-bond acceptors (Lipinski definition) is 5. The topological polar surface area (TPSA) is 65.2 Å². The molecule has 1 aromatic heterocycles. The highest BCUT2D eigenvalue weighted by atomic mass is 32.1. The number of carbonyl (C=O) groups excluding carboxylic acids is 1. The zero-order valence-corrected chi connectivity index (χ0v) is 11.9. The highest BCUT2D eigenvalue weighted by Gasteiger charge is 2.13. The highest BCUT2D eigenvalue weighted by molar-refractivity contribution is 7.09. The Labute approximate surface area is 120 Å². The van der Waals surface area contributed by atoms with E-state index in [1.54, 1.807) is 11.4 Å². The molecule has 4 nitrogen and oxygen atoms in total. The summed E-state index contributed by atoms with van der Waals surface area (Å²) in [4.78, 5) is 16.3. The second kappa shape index (κ2) is 6.58. The number of hydrogen-bond donors (Lipinski definition) is 1. The third-order valence-electron chi connectivity index (χ3n) is 2.78. The number of Topliss-reactive ketones (excluding diaryl/α,β-unsaturated/α-hetero) is 1. The van der Waals surface area contributed by atoms with E-state index in [2.05, 4.69) is 4.98 Å². The molecule has 2 N–H and O–H groups in total. The van der Waals surface area contributed by atoms with Gasteiger partial charge in [0.05, 0.1) is 12.1 Å². The van der Waals surface area contributed by atoms with Crippen molar-refractivity contribution in [1.29, 1.82) is 0 Å². The molecule has 0 amide bonds. The molecule has 0 saturated heterocycles. The van der Waals surface area contributed by atoms with Crippen LogP contribution in [0.15, 0.2) is 23.6 Å². The fourth-order valence-corrected chi connectivity index (χ4v) is 2.59. The summed E-state index contributed by atoms with van der Waals surface area (Å²) < 4.78 is 18.4. The zero-order valence-electron chi connectivity index (χ0n) is 11.1. The molecular formula is C14H15FN2O2S. The lowest BCUT2D eigenvalue weighted by Gasteiger charge is -2.04. The van der Waals surface area contributed by atoms with Crippen LogP contribution in [0.3, 0.4) is 0 Å². The largest absolute Gasteiger partial charge is 0.494 e. The van der Waals surface area contributed by atoms with E-state index in [1.165, 1.54) is 30.6 Å². The quantitative estimate of drug-likeness (QED) is 0.830. The summed E-state index contributed by atoms with van der Waals surface area (Å²) in [7, 11) is 1.40. The number of rotatable bonds is 6. The molecule has 0 fully saturated rings. The van der Waals surface area contributed by atoms with Crippen LogP contribution in [0.5, 0.6) is 5.75 Å². The molecule has 0 spiro atoms. The molecule has 1 aromatic carbocycles. The Kier molecular flexibility index (Phi) is 4.81. The number of benzene rings is 1. The minimum absolute atomic E-state index is 0.118. The Morgan fingerprint density at radius 1 is 1.50 bits per heavy atom. The van der Waals surface area contributed by atoms with Gasteiger partial charge in [0.25, 0.3) is 0 Å². The van der Waals surface area contributed by atoms with E-state index in [9.17, 15) is 9.18 Å². The molecule has 0 unspecified atom stereocenters. The molecule has 2 aromatic rings. The maximum Gasteiger partial charge on any atom is 0.186 e. The third kappa shape index (κ3) is 3.40. The summed E-state index contributed by atoms with van der Waals surface area (Å²) in [5, 5.41) is 2.56. The molecule has 0 aliphatic rings. The number of halogens is 1. The number of nitrogens with two attached hydrogens (primary N) is 1. The molecule has 2 rings (SSSR count). The summed E-state index contributed by atoms with van der Waals surface area (Å²) in [6.07, 6.45) is 0.780. The van der Waals surface area contributed by atoms with Gasteiger partial charge in [-0.1, -0.05) is 6.07 Å². The number of ether oxygens (including phenoxy) is 1. The number of thiazole rings is 1. The van der Waals surface area contributed by atoms with E-state index in [4.69, 9.17) is 10.5 Å². The number of carbonyl (C=O) groups is 1. The van der Waals surface area contributed by atoms with Crippen molar-refractivity contribution in [2.24, 2.45) is 5.73 Å². The van der Waals surface area contributed by atoms with Gasteiger partial charge in [-0.15, -0.1) is 11.3 Å². The first kappa shape index (κ1) is 14.6. The van der Waals surface area contributed by atoms with Gasteiger partial charge >= 0.3 is 0 Å². The monoisotopic (exact) mass is 294 g/mol. The van der Waals surface area contributed by atoms with Crippen LogP contribution in [-0.4, -0.2) is 24.4 Å². The fraction of sp³-hybridized carbons (Fsp3) is 0.286. The lowest BCUT2D eigenvalue weighted by atomic mass is 10.1. The van der Waals surface area contributed by atoms with Crippen molar-refractivity contribution in [3.63, 3.8) is 0 Å². The Bertz CT molecular complexity index is 613. The van der Waals surface area contributed by atoms with E-state index >= 15 is 0 Å². The van der Waals surface area contributed by atoms with Crippen LogP contribution in [0.4, 0.5) is 4.39 Å². The molecule has 0 saturated carbocycles. The maximum atomic E-state index is 13.5. The Morgan fingerprint density at radius 3 is 2.95 bits per heavy atom. The SMILES string of the molecule is COc1ccc(CC(=O)c2csc(CCN)n2)cc1F. The molecule has 106 valence electrons. The molecule has 6 heteroatoms. The molecule has 0 aliphatic carbocycles. The van der Waals surface area contributed by atoms with Gasteiger partial charge in [-0.05, 0) is 24.2 Å². The molecule has 1 heterocycles. The summed E-state index contributed by atoms with van der Waals surface area (Å²) in [5.41, 5.74) is 6.45. The van der Waals surface area contributed by atoms with Crippen LogP contribution in [-0.2, 0) is 12.8 Å². The van der Waals surface area contributed by atoms with Crippen molar-refractivity contribution in [2.45, 2.75) is 12.8 Å². The van der Waals surface area contributed by atoms with Gasteiger partial charge in [-0.25, -0.2) is 9.37 Å². The van der Waals surface area contributed by atoms with Crippen molar-refractivity contribution in [3.05, 3.63) is 45.7 Å². The number of methoxy groups -OCH3 is 1. The first-order valence-corrected chi connectivity index (χ1v) is 7.02. The number of aromatic nitrogens is 1. The van der Waals surface area contributed by atoms with Crippen molar-refractivity contribution < 1.29 is 13.9 Å². The summed E-state index contributed by atoms with van der Waals surface area (Å²) in [5.74, 6) is -0.436. The Hall–Kier alpha value is -1.79. The Balaban J connectivity index is 2.08. The minimum Gasteiger partial charge on any atom is -0.494 e. The standard InChI is InChI=1S/C14H15FN2O2S/c1-19-13-3-2-9(6-10(13)15)7-12(18)11-8-20-14(17-11)4-5-16/h2-3,6,8H,4-5,7,16H2,1H3. The van der Waals surface area contributed by atoms with Gasteiger partial charge < -0.3 is 10.5 Å². The third-order valence-corrected chi connectivity index (χ3v) is 3.69. The van der Waals surface area contributed by atoms with Gasteiger partial charge in [-0.3, -0.25) is 4.79 Å². The first-order valence-electron chi connectivity index (χ1n) is 6.14. The van der Waals surface area contributed by atoms with E-state index in [-0.39, 0.29) is 18.0 Å². The van der Waals surface area contributed by atoms with Crippen LogP contribution in [0.1, 0.15) is 21.1 Å². The van der Waals surface area contributed by atoms with Crippen LogP contribution in [0.25, 0.3) is 0 Å². The predicted octanol–water partition coefficient (Wildman–Crippen LogP) is 2.22. The van der Waals surface area contributed by atoms with Crippen molar-refractivity contribution >= 4 is 17.1 Å². The van der Waals surface area contributed by atoms with Crippen LogP contribution in [0, 0.1) is 5.82 Å². The lowest BCUT2D eigenvalue weighted by molar-refractivity contribution is 0.0988. The second-order valence-electron chi connectivity index (χ2n) is 4.23. The normalized spacial score (nSPS) is 10.6. The number of nitrogens with zero attached hydrogens (tertiary/aromatic N) is 1. The van der Waals surface area contributed by atoms with Crippen LogP contribution in [0.2, 0.25) is 0 Å². The summed E-state index contributed by atoms with van der Waals surface area (Å²) in [6.45, 7) is 0.505. The molecule has 0 bridgehead atoms. The molecular weight excluding hydrogens is 279 g/mol. The van der Waals surface area contributed by atoms with Gasteiger partial charge in [0.15, 0.2) is 17.3 Å². The summed E-state index contributed by atoms with van der Waals surface area (Å²) >= 11 is 1.42. The molecule has 0 atom stereocenters. The van der Waals surface area contributed by atoms with Gasteiger partial charge in [0.1, 0.15) is 5.69 Å². The van der Waals surface area contributed by atoms with Crippen LogP contribution < -0.4 is 10.5 Å². The molecule has 20 heavy (non-hydrogen) atoms. The van der Waals surface area contributed by atoms with Crippen molar-refractivity contribution in [1.82, 2.24) is 4.98 Å². The first-order chi connectivity index (χ1) is 9.63. The minimum atomic E-state index is -0.472. The smallest absolute Gasteiger partial charge is 0.186 e. The van der Waals surface area contributed by atoms with Gasteiger partial charge in [0.2, 0.25) is 0 Å². The zero-order chi connectivity index (χ0) is 14.5.